The maximum absolute atomic E-state index is 13.1. The third kappa shape index (κ3) is 3.01. The van der Waals surface area contributed by atoms with E-state index in [2.05, 4.69) is 22.7 Å². The molecule has 4 nitrogen and oxygen atoms in total. The number of nitriles is 1. The van der Waals surface area contributed by atoms with E-state index in [9.17, 15) is 4.39 Å². The normalized spacial score (nSPS) is 10.3. The summed E-state index contributed by atoms with van der Waals surface area (Å²) in [6, 6.07) is 15.2. The van der Waals surface area contributed by atoms with Crippen LogP contribution in [0.15, 0.2) is 61.2 Å². The summed E-state index contributed by atoms with van der Waals surface area (Å²) >= 11 is 0. The molecule has 0 aliphatic rings. The molecule has 2 aromatic carbocycles. The van der Waals surface area contributed by atoms with Gasteiger partial charge in [0.1, 0.15) is 11.6 Å². The Balaban J connectivity index is 2.06. The van der Waals surface area contributed by atoms with Gasteiger partial charge >= 0.3 is 0 Å². The summed E-state index contributed by atoms with van der Waals surface area (Å²) in [7, 11) is 0. The molecule has 0 unspecified atom stereocenters. The van der Waals surface area contributed by atoms with Gasteiger partial charge < -0.3 is 0 Å². The van der Waals surface area contributed by atoms with Crippen LogP contribution in [0.4, 0.5) is 4.39 Å². The van der Waals surface area contributed by atoms with Crippen LogP contribution in [-0.4, -0.2) is 14.8 Å². The highest BCUT2D eigenvalue weighted by atomic mass is 19.1. The van der Waals surface area contributed by atoms with Gasteiger partial charge in [0.15, 0.2) is 5.82 Å². The summed E-state index contributed by atoms with van der Waals surface area (Å²) in [5.74, 6) is 0.946. The van der Waals surface area contributed by atoms with Crippen molar-refractivity contribution in [3.8, 4) is 23.1 Å². The van der Waals surface area contributed by atoms with Crippen LogP contribution >= 0.6 is 0 Å². The second-order valence-corrected chi connectivity index (χ2v) is 4.92. The Hall–Kier alpha value is -3.26. The van der Waals surface area contributed by atoms with Gasteiger partial charge in [-0.15, -0.1) is 11.7 Å². The quantitative estimate of drug-likeness (QED) is 0.691. The molecule has 0 aliphatic carbocycles. The maximum atomic E-state index is 13.1. The van der Waals surface area contributed by atoms with E-state index in [1.165, 1.54) is 12.1 Å². The minimum absolute atomic E-state index is 0.299. The molecule has 23 heavy (non-hydrogen) atoms. The van der Waals surface area contributed by atoms with Crippen molar-refractivity contribution in [2.24, 2.45) is 0 Å². The number of allylic oxidation sites excluding steroid dienone is 1. The van der Waals surface area contributed by atoms with Gasteiger partial charge in [0.25, 0.3) is 0 Å². The van der Waals surface area contributed by atoms with Gasteiger partial charge in [-0.25, -0.2) is 14.1 Å². The average molecular weight is 304 g/mol. The number of hydrogen-bond acceptors (Lipinski definition) is 3. The molecule has 5 heteroatoms. The Kier molecular flexibility index (Phi) is 3.98. The predicted molar refractivity (Wildman–Crippen MR) is 85.4 cm³/mol. The first-order valence-electron chi connectivity index (χ1n) is 7.04. The van der Waals surface area contributed by atoms with Crippen molar-refractivity contribution in [1.82, 2.24) is 14.8 Å². The molecule has 0 atom stereocenters. The topological polar surface area (TPSA) is 54.5 Å². The smallest absolute Gasteiger partial charge is 0.181 e. The van der Waals surface area contributed by atoms with Gasteiger partial charge in [-0.2, -0.15) is 5.26 Å². The molecule has 1 heterocycles. The molecule has 0 N–H and O–H groups in total. The fourth-order valence-corrected chi connectivity index (χ4v) is 2.21. The Bertz CT molecular complexity index is 871. The van der Waals surface area contributed by atoms with E-state index in [1.54, 1.807) is 35.0 Å². The molecule has 0 radical (unpaired) electrons. The molecule has 0 spiro atoms. The summed E-state index contributed by atoms with van der Waals surface area (Å²) < 4.78 is 14.8. The number of halogens is 1. The summed E-state index contributed by atoms with van der Waals surface area (Å²) in [6.45, 7) is 3.74. The maximum Gasteiger partial charge on any atom is 0.181 e. The van der Waals surface area contributed by atoms with Crippen molar-refractivity contribution in [2.75, 3.05) is 0 Å². The first-order valence-corrected chi connectivity index (χ1v) is 7.04. The van der Waals surface area contributed by atoms with Crippen LogP contribution in [-0.2, 0) is 6.42 Å². The highest BCUT2D eigenvalue weighted by Crippen LogP contribution is 2.19. The third-order valence-corrected chi connectivity index (χ3v) is 3.34. The summed E-state index contributed by atoms with van der Waals surface area (Å²) in [4.78, 5) is 4.51. The fourth-order valence-electron chi connectivity index (χ4n) is 2.21. The first-order chi connectivity index (χ1) is 11.2. The Morgan fingerprint density at radius 2 is 1.83 bits per heavy atom. The van der Waals surface area contributed by atoms with Crippen molar-refractivity contribution in [1.29, 1.82) is 5.26 Å². The van der Waals surface area contributed by atoms with Crippen LogP contribution < -0.4 is 0 Å². The molecule has 1 aromatic heterocycles. The Morgan fingerprint density at radius 3 is 2.43 bits per heavy atom. The van der Waals surface area contributed by atoms with Gasteiger partial charge in [-0.1, -0.05) is 6.08 Å². The van der Waals surface area contributed by atoms with Crippen molar-refractivity contribution in [2.45, 2.75) is 6.42 Å². The molecular formula is C18H13FN4. The van der Waals surface area contributed by atoms with Gasteiger partial charge in [-0.3, -0.25) is 0 Å². The molecule has 0 amide bonds. The number of benzene rings is 2. The number of hydrogen-bond donors (Lipinski definition) is 0. The van der Waals surface area contributed by atoms with Crippen LogP contribution in [0.5, 0.6) is 0 Å². The molecule has 3 rings (SSSR count). The van der Waals surface area contributed by atoms with E-state index in [1.807, 2.05) is 12.1 Å². The number of aromatic nitrogens is 3. The first kappa shape index (κ1) is 14.7. The van der Waals surface area contributed by atoms with Crippen LogP contribution in [0.2, 0.25) is 0 Å². The zero-order chi connectivity index (χ0) is 16.2. The Labute approximate surface area is 133 Å². The van der Waals surface area contributed by atoms with Crippen LogP contribution in [0, 0.1) is 17.1 Å². The predicted octanol–water partition coefficient (Wildman–Crippen LogP) is 3.67. The SMILES string of the molecule is C=CCc1nc(-c2ccc(F)cc2)nn1-c1ccc(C#N)cc1. The highest BCUT2D eigenvalue weighted by Gasteiger charge is 2.12. The van der Waals surface area contributed by atoms with Crippen molar-refractivity contribution >= 4 is 0 Å². The lowest BCUT2D eigenvalue weighted by Crippen LogP contribution is -2.02. The average Bonchev–Trinajstić information content (AvgIpc) is 3.00. The zero-order valence-corrected chi connectivity index (χ0v) is 12.3. The van der Waals surface area contributed by atoms with Gasteiger partial charge in [-0.05, 0) is 48.5 Å². The van der Waals surface area contributed by atoms with Crippen molar-refractivity contribution < 1.29 is 4.39 Å². The second-order valence-electron chi connectivity index (χ2n) is 4.92. The monoisotopic (exact) mass is 304 g/mol. The summed E-state index contributed by atoms with van der Waals surface area (Å²) in [5, 5.41) is 13.4. The summed E-state index contributed by atoms with van der Waals surface area (Å²) in [6.07, 6.45) is 2.30. The van der Waals surface area contributed by atoms with E-state index in [0.29, 0.717) is 17.8 Å². The van der Waals surface area contributed by atoms with Crippen LogP contribution in [0.3, 0.4) is 0 Å². The molecule has 0 saturated carbocycles. The van der Waals surface area contributed by atoms with Crippen LogP contribution in [0.1, 0.15) is 11.4 Å². The molecule has 0 fully saturated rings. The zero-order valence-electron chi connectivity index (χ0n) is 12.3. The highest BCUT2D eigenvalue weighted by molar-refractivity contribution is 5.55. The lowest BCUT2D eigenvalue weighted by atomic mass is 10.2. The Morgan fingerprint density at radius 1 is 1.13 bits per heavy atom. The van der Waals surface area contributed by atoms with Gasteiger partial charge in [0.2, 0.25) is 0 Å². The minimum atomic E-state index is -0.299. The van der Waals surface area contributed by atoms with E-state index in [0.717, 1.165) is 17.1 Å². The molecular weight excluding hydrogens is 291 g/mol. The lowest BCUT2D eigenvalue weighted by Gasteiger charge is -2.03. The summed E-state index contributed by atoms with van der Waals surface area (Å²) in [5.41, 5.74) is 2.13. The van der Waals surface area contributed by atoms with E-state index in [-0.39, 0.29) is 5.82 Å². The van der Waals surface area contributed by atoms with E-state index >= 15 is 0 Å². The lowest BCUT2D eigenvalue weighted by molar-refractivity contribution is 0.628. The van der Waals surface area contributed by atoms with Gasteiger partial charge in [0, 0.05) is 12.0 Å². The number of nitrogens with zero attached hydrogens (tertiary/aromatic N) is 4. The largest absolute Gasteiger partial charge is 0.217 e. The molecule has 0 bridgehead atoms. The minimum Gasteiger partial charge on any atom is -0.217 e. The van der Waals surface area contributed by atoms with E-state index < -0.39 is 0 Å². The van der Waals surface area contributed by atoms with E-state index in [4.69, 9.17) is 5.26 Å². The van der Waals surface area contributed by atoms with Crippen LogP contribution in [0.25, 0.3) is 17.1 Å². The number of rotatable bonds is 4. The van der Waals surface area contributed by atoms with Crippen molar-refractivity contribution in [3.05, 3.63) is 78.4 Å². The van der Waals surface area contributed by atoms with Gasteiger partial charge in [0.05, 0.1) is 17.3 Å². The fraction of sp³-hybridized carbons (Fsp3) is 0.0556. The van der Waals surface area contributed by atoms with Crippen molar-refractivity contribution in [3.63, 3.8) is 0 Å². The second kappa shape index (κ2) is 6.24. The molecule has 3 aromatic rings. The molecule has 112 valence electrons. The standard InChI is InChI=1S/C18H13FN4/c1-2-3-17-21-18(14-6-8-15(19)9-7-14)22-23(17)16-10-4-13(12-20)5-11-16/h2,4-11H,1,3H2. The third-order valence-electron chi connectivity index (χ3n) is 3.34. The molecule has 0 saturated heterocycles. The molecule has 0 aliphatic heterocycles.